The average Bonchev–Trinajstić information content (AvgIpc) is 2.31. The Labute approximate surface area is 102 Å². The molecular weight excluding hydrogens is 220 g/mol. The highest BCUT2D eigenvalue weighted by atomic mass is 35.5. The lowest BCUT2D eigenvalue weighted by Gasteiger charge is -2.21. The van der Waals surface area contributed by atoms with Crippen LogP contribution in [0.25, 0.3) is 0 Å². The molecule has 0 amide bonds. The second-order valence-corrected chi connectivity index (χ2v) is 3.37. The molecule has 0 atom stereocenters. The first-order valence-electron chi connectivity index (χ1n) is 4.97. The molecule has 2 rings (SSSR count). The summed E-state index contributed by atoms with van der Waals surface area (Å²) in [6, 6.07) is 20.3. The zero-order valence-corrected chi connectivity index (χ0v) is 9.95. The number of hydrazine groups is 1. The van der Waals surface area contributed by atoms with Gasteiger partial charge in [0.1, 0.15) is 0 Å². The van der Waals surface area contributed by atoms with Crippen molar-refractivity contribution in [3.8, 4) is 0 Å². The minimum absolute atomic E-state index is 0. The third-order valence-corrected chi connectivity index (χ3v) is 2.21. The number of para-hydroxylation sites is 2. The number of anilines is 2. The van der Waals surface area contributed by atoms with Gasteiger partial charge in [-0.15, -0.1) is 12.4 Å². The van der Waals surface area contributed by atoms with E-state index in [4.69, 9.17) is 0 Å². The molecule has 2 aromatic carbocycles. The van der Waals surface area contributed by atoms with Gasteiger partial charge in [-0.05, 0) is 24.3 Å². The van der Waals surface area contributed by atoms with Gasteiger partial charge in [0.15, 0.2) is 0 Å². The molecule has 2 nitrogen and oxygen atoms in total. The Balaban J connectivity index is 0.00000128. The van der Waals surface area contributed by atoms with E-state index in [1.807, 2.05) is 60.6 Å². The van der Waals surface area contributed by atoms with E-state index in [0.717, 1.165) is 11.4 Å². The smallest absolute Gasteiger partial charge is 0.0568 e. The number of hydrogen-bond donors (Lipinski definition) is 1. The van der Waals surface area contributed by atoms with Gasteiger partial charge in [0.05, 0.1) is 11.4 Å². The van der Waals surface area contributed by atoms with Crippen LogP contribution >= 0.6 is 12.4 Å². The van der Waals surface area contributed by atoms with E-state index in [0.29, 0.717) is 0 Å². The monoisotopic (exact) mass is 234 g/mol. The van der Waals surface area contributed by atoms with E-state index < -0.39 is 0 Å². The molecule has 0 unspecified atom stereocenters. The van der Waals surface area contributed by atoms with Crippen LogP contribution in [0.5, 0.6) is 0 Å². The van der Waals surface area contributed by atoms with Crippen LogP contribution in [-0.2, 0) is 0 Å². The van der Waals surface area contributed by atoms with Crippen molar-refractivity contribution in [3.63, 3.8) is 0 Å². The maximum absolute atomic E-state index is 3.29. The Kier molecular flexibility index (Phi) is 4.67. The molecular formula is C13H15ClN2. The van der Waals surface area contributed by atoms with Crippen molar-refractivity contribution in [1.82, 2.24) is 0 Å². The van der Waals surface area contributed by atoms with Crippen molar-refractivity contribution in [1.29, 1.82) is 0 Å². The molecule has 3 heteroatoms. The van der Waals surface area contributed by atoms with Crippen LogP contribution in [0.15, 0.2) is 60.7 Å². The fraction of sp³-hybridized carbons (Fsp3) is 0.0769. The minimum atomic E-state index is 0. The van der Waals surface area contributed by atoms with Crippen molar-refractivity contribution < 1.29 is 0 Å². The van der Waals surface area contributed by atoms with Gasteiger partial charge in [-0.25, -0.2) is 0 Å². The number of benzene rings is 2. The highest BCUT2D eigenvalue weighted by Gasteiger charge is 1.98. The van der Waals surface area contributed by atoms with E-state index in [9.17, 15) is 0 Å². The number of nitrogens with one attached hydrogen (secondary N) is 1. The molecule has 0 heterocycles. The Morgan fingerprint density at radius 2 is 1.31 bits per heavy atom. The molecule has 0 aliphatic heterocycles. The maximum Gasteiger partial charge on any atom is 0.0568 e. The Hall–Kier alpha value is -1.67. The van der Waals surface area contributed by atoms with Crippen molar-refractivity contribution in [2.24, 2.45) is 0 Å². The number of hydrogen-bond acceptors (Lipinski definition) is 2. The number of rotatable bonds is 3. The molecule has 0 radical (unpaired) electrons. The Morgan fingerprint density at radius 3 is 1.88 bits per heavy atom. The second kappa shape index (κ2) is 6.03. The van der Waals surface area contributed by atoms with Gasteiger partial charge in [0.2, 0.25) is 0 Å². The zero-order chi connectivity index (χ0) is 10.5. The largest absolute Gasteiger partial charge is 0.299 e. The molecule has 0 bridgehead atoms. The minimum Gasteiger partial charge on any atom is -0.299 e. The van der Waals surface area contributed by atoms with Crippen molar-refractivity contribution in [3.05, 3.63) is 60.7 Å². The highest BCUT2D eigenvalue weighted by Crippen LogP contribution is 2.13. The normalized spacial score (nSPS) is 9.06. The number of halogens is 1. The van der Waals surface area contributed by atoms with Gasteiger partial charge >= 0.3 is 0 Å². The lowest BCUT2D eigenvalue weighted by atomic mass is 10.3. The summed E-state index contributed by atoms with van der Waals surface area (Å²) in [5.41, 5.74) is 5.52. The third-order valence-electron chi connectivity index (χ3n) is 2.21. The molecule has 0 spiro atoms. The molecule has 0 saturated carbocycles. The third kappa shape index (κ3) is 3.17. The van der Waals surface area contributed by atoms with Gasteiger partial charge < -0.3 is 0 Å². The maximum atomic E-state index is 3.29. The lowest BCUT2D eigenvalue weighted by Crippen LogP contribution is -2.24. The van der Waals surface area contributed by atoms with E-state index in [2.05, 4.69) is 17.6 Å². The van der Waals surface area contributed by atoms with Gasteiger partial charge in [-0.1, -0.05) is 36.4 Å². The van der Waals surface area contributed by atoms with Crippen molar-refractivity contribution in [2.75, 3.05) is 17.5 Å². The van der Waals surface area contributed by atoms with Crippen LogP contribution in [0, 0.1) is 0 Å². The van der Waals surface area contributed by atoms with Crippen molar-refractivity contribution in [2.45, 2.75) is 0 Å². The summed E-state index contributed by atoms with van der Waals surface area (Å²) < 4.78 is 0. The summed E-state index contributed by atoms with van der Waals surface area (Å²) in [6.45, 7) is 0. The fourth-order valence-electron chi connectivity index (χ4n) is 1.42. The summed E-state index contributed by atoms with van der Waals surface area (Å²) in [5.74, 6) is 0. The molecule has 0 fully saturated rings. The van der Waals surface area contributed by atoms with Crippen LogP contribution in [-0.4, -0.2) is 7.05 Å². The summed E-state index contributed by atoms with van der Waals surface area (Å²) in [7, 11) is 2.00. The Morgan fingerprint density at radius 1 is 0.812 bits per heavy atom. The first-order valence-corrected chi connectivity index (χ1v) is 4.97. The summed E-state index contributed by atoms with van der Waals surface area (Å²) >= 11 is 0. The SMILES string of the molecule is CN(Nc1ccccc1)c1ccccc1.Cl. The summed E-state index contributed by atoms with van der Waals surface area (Å²) in [5, 5.41) is 2.00. The molecule has 0 saturated heterocycles. The molecule has 0 aromatic heterocycles. The first-order chi connectivity index (χ1) is 7.36. The first kappa shape index (κ1) is 12.4. The van der Waals surface area contributed by atoms with Gasteiger partial charge in [-0.3, -0.25) is 10.4 Å². The predicted octanol–water partition coefficient (Wildman–Crippen LogP) is 3.57. The molecule has 16 heavy (non-hydrogen) atoms. The van der Waals surface area contributed by atoms with E-state index >= 15 is 0 Å². The molecule has 0 aliphatic rings. The molecule has 84 valence electrons. The highest BCUT2D eigenvalue weighted by molar-refractivity contribution is 5.85. The van der Waals surface area contributed by atoms with Crippen molar-refractivity contribution >= 4 is 23.8 Å². The quantitative estimate of drug-likeness (QED) is 0.817. The zero-order valence-electron chi connectivity index (χ0n) is 9.13. The van der Waals surface area contributed by atoms with E-state index in [-0.39, 0.29) is 12.4 Å². The molecule has 1 N–H and O–H groups in total. The fourth-order valence-corrected chi connectivity index (χ4v) is 1.42. The van der Waals surface area contributed by atoms with E-state index in [1.54, 1.807) is 0 Å². The summed E-state index contributed by atoms with van der Waals surface area (Å²) in [6.07, 6.45) is 0. The average molecular weight is 235 g/mol. The Bertz CT molecular complexity index is 403. The molecule has 2 aromatic rings. The van der Waals surface area contributed by atoms with E-state index in [1.165, 1.54) is 0 Å². The molecule has 0 aliphatic carbocycles. The van der Waals surface area contributed by atoms with Crippen LogP contribution in [0.1, 0.15) is 0 Å². The van der Waals surface area contributed by atoms with Crippen LogP contribution < -0.4 is 10.4 Å². The van der Waals surface area contributed by atoms with Crippen LogP contribution in [0.2, 0.25) is 0 Å². The van der Waals surface area contributed by atoms with Crippen LogP contribution in [0.4, 0.5) is 11.4 Å². The lowest BCUT2D eigenvalue weighted by molar-refractivity contribution is 1.09. The van der Waals surface area contributed by atoms with Gasteiger partial charge in [0, 0.05) is 7.05 Å². The standard InChI is InChI=1S/C13H14N2.ClH/c1-15(13-10-6-3-7-11-13)14-12-8-4-2-5-9-12;/h2-11,14H,1H3;1H. The van der Waals surface area contributed by atoms with Crippen LogP contribution in [0.3, 0.4) is 0 Å². The topological polar surface area (TPSA) is 15.3 Å². The van der Waals surface area contributed by atoms with Gasteiger partial charge in [-0.2, -0.15) is 0 Å². The predicted molar refractivity (Wildman–Crippen MR) is 72.2 cm³/mol. The summed E-state index contributed by atoms with van der Waals surface area (Å²) in [4.78, 5) is 0. The second-order valence-electron chi connectivity index (χ2n) is 3.37. The van der Waals surface area contributed by atoms with Gasteiger partial charge in [0.25, 0.3) is 0 Å². The number of nitrogens with zero attached hydrogens (tertiary/aromatic N) is 1.